The molecule has 3 aliphatic heterocycles. The number of carbonyl (C=O) groups is 2. The number of rotatable bonds is 7. The van der Waals surface area contributed by atoms with Crippen molar-refractivity contribution in [3.05, 3.63) is 60.2 Å². The highest BCUT2D eigenvalue weighted by molar-refractivity contribution is 7.99. The van der Waals surface area contributed by atoms with Crippen LogP contribution in [0.5, 0.6) is 0 Å². The minimum absolute atomic E-state index is 0.286. The first-order valence-corrected chi connectivity index (χ1v) is 14.0. The minimum Gasteiger partial charge on any atom is -0.431 e. The fraction of sp³-hybridized carbons (Fsp3) is 0.407. The van der Waals surface area contributed by atoms with Crippen molar-refractivity contribution in [1.29, 1.82) is 0 Å². The number of guanidine groups is 1. The van der Waals surface area contributed by atoms with Gasteiger partial charge in [-0.15, -0.1) is 0 Å². The highest BCUT2D eigenvalue weighted by atomic mass is 32.2. The number of oxazole rings is 1. The number of aliphatic imine (C=N–C) groups is 1. The third-order valence-electron chi connectivity index (χ3n) is 7.29. The maximum absolute atomic E-state index is 12.9. The number of nitrogens with one attached hydrogen (secondary N) is 1. The summed E-state index contributed by atoms with van der Waals surface area (Å²) in [5.74, 6) is 1.31. The number of likely N-dealkylation sites (N-methyl/N-ethyl adjacent to an activating group) is 1. The second-order valence-corrected chi connectivity index (χ2v) is 10.8. The molecule has 0 saturated carbocycles. The molecule has 1 aromatic heterocycles. The lowest BCUT2D eigenvalue weighted by atomic mass is 10.1. The summed E-state index contributed by atoms with van der Waals surface area (Å²) < 4.78 is 5.83. The van der Waals surface area contributed by atoms with E-state index in [1.807, 2.05) is 30.3 Å². The summed E-state index contributed by atoms with van der Waals surface area (Å²) >= 11 is 1.57. The minimum atomic E-state index is -0.524. The Bertz CT molecular complexity index is 1310. The van der Waals surface area contributed by atoms with Crippen molar-refractivity contribution < 1.29 is 14.0 Å². The average Bonchev–Trinajstić information content (AvgIpc) is 3.53. The molecule has 2 atom stereocenters. The Morgan fingerprint density at radius 3 is 2.58 bits per heavy atom. The molecule has 38 heavy (non-hydrogen) atoms. The van der Waals surface area contributed by atoms with Crippen LogP contribution in [-0.4, -0.2) is 100 Å². The molecule has 2 fully saturated rings. The van der Waals surface area contributed by atoms with Gasteiger partial charge >= 0.3 is 6.03 Å². The standard InChI is InChI=1S/C27H31N7O3S/c1-31-23-22(24(35)30-26(31)36)34(12-7-17-38-27-28-20-10-5-6-11-21(20)37-27)25(29-23)33-15-13-32(14-16-33)18-19-8-3-2-4-9-19/h2-6,8-11,22-23H,7,12-18H2,1H3,(H,30,35,36). The Morgan fingerprint density at radius 1 is 1.03 bits per heavy atom. The van der Waals surface area contributed by atoms with Crippen LogP contribution in [0.15, 0.2) is 69.2 Å². The van der Waals surface area contributed by atoms with E-state index in [1.54, 1.807) is 18.8 Å². The topological polar surface area (TPSA) is 97.5 Å². The largest absolute Gasteiger partial charge is 0.431 e. The van der Waals surface area contributed by atoms with Crippen molar-refractivity contribution in [3.8, 4) is 0 Å². The van der Waals surface area contributed by atoms with Crippen LogP contribution in [0.4, 0.5) is 4.79 Å². The first kappa shape index (κ1) is 24.7. The summed E-state index contributed by atoms with van der Waals surface area (Å²) in [4.78, 5) is 43.1. The number of hydrogen-bond donors (Lipinski definition) is 1. The summed E-state index contributed by atoms with van der Waals surface area (Å²) in [5, 5.41) is 3.14. The van der Waals surface area contributed by atoms with Crippen molar-refractivity contribution in [2.75, 3.05) is 45.5 Å². The molecule has 0 radical (unpaired) electrons. The zero-order valence-electron chi connectivity index (χ0n) is 21.3. The Hall–Kier alpha value is -3.57. The fourth-order valence-electron chi connectivity index (χ4n) is 5.27. The van der Waals surface area contributed by atoms with E-state index in [9.17, 15) is 9.59 Å². The average molecular weight is 534 g/mol. The number of nitrogens with zero attached hydrogens (tertiary/aromatic N) is 6. The summed E-state index contributed by atoms with van der Waals surface area (Å²) in [6.07, 6.45) is 0.295. The van der Waals surface area contributed by atoms with E-state index in [1.165, 1.54) is 10.5 Å². The molecule has 3 aromatic rings. The number of aromatic nitrogens is 1. The number of thioether (sulfide) groups is 1. The monoisotopic (exact) mass is 533 g/mol. The normalized spacial score (nSPS) is 22.1. The Morgan fingerprint density at radius 2 is 1.79 bits per heavy atom. The van der Waals surface area contributed by atoms with Gasteiger partial charge in [0.2, 0.25) is 0 Å². The van der Waals surface area contributed by atoms with Crippen molar-refractivity contribution in [2.24, 2.45) is 4.99 Å². The van der Waals surface area contributed by atoms with Crippen LogP contribution in [0.3, 0.4) is 0 Å². The van der Waals surface area contributed by atoms with Gasteiger partial charge in [-0.3, -0.25) is 15.0 Å². The maximum atomic E-state index is 12.9. The molecule has 0 bridgehead atoms. The quantitative estimate of drug-likeness (QED) is 0.366. The second kappa shape index (κ2) is 10.7. The first-order chi connectivity index (χ1) is 18.6. The zero-order chi connectivity index (χ0) is 26.1. The molecule has 198 valence electrons. The van der Waals surface area contributed by atoms with Gasteiger partial charge in [-0.1, -0.05) is 54.2 Å². The van der Waals surface area contributed by atoms with Crippen molar-refractivity contribution in [1.82, 2.24) is 29.9 Å². The molecular formula is C27H31N7O3S. The molecule has 0 aliphatic carbocycles. The van der Waals surface area contributed by atoms with Gasteiger partial charge in [0, 0.05) is 52.1 Å². The van der Waals surface area contributed by atoms with Gasteiger partial charge in [0.05, 0.1) is 0 Å². The van der Waals surface area contributed by atoms with Gasteiger partial charge in [0.15, 0.2) is 23.8 Å². The number of para-hydroxylation sites is 2. The van der Waals surface area contributed by atoms with Gasteiger partial charge in [-0.05, 0) is 24.1 Å². The van der Waals surface area contributed by atoms with Crippen LogP contribution in [0.2, 0.25) is 0 Å². The van der Waals surface area contributed by atoms with Crippen molar-refractivity contribution in [3.63, 3.8) is 0 Å². The van der Waals surface area contributed by atoms with Crippen LogP contribution in [0, 0.1) is 0 Å². The predicted octanol–water partition coefficient (Wildman–Crippen LogP) is 2.68. The highest BCUT2D eigenvalue weighted by Crippen LogP contribution is 2.28. The molecule has 4 heterocycles. The van der Waals surface area contributed by atoms with Gasteiger partial charge in [0.25, 0.3) is 11.1 Å². The lowest BCUT2D eigenvalue weighted by Crippen LogP contribution is -2.64. The molecule has 0 spiro atoms. The molecule has 3 aliphatic rings. The van der Waals surface area contributed by atoms with E-state index in [0.717, 1.165) is 62.0 Å². The SMILES string of the molecule is CN1C(=O)NC(=O)C2C1N=C(N1CCN(Cc3ccccc3)CC1)N2CCCSc1nc2ccccc2o1. The van der Waals surface area contributed by atoms with Crippen LogP contribution in [0.1, 0.15) is 12.0 Å². The van der Waals surface area contributed by atoms with Crippen LogP contribution in [0.25, 0.3) is 11.1 Å². The summed E-state index contributed by atoms with van der Waals surface area (Å²) in [6.45, 7) is 5.02. The van der Waals surface area contributed by atoms with E-state index < -0.39 is 18.2 Å². The van der Waals surface area contributed by atoms with E-state index in [2.05, 4.69) is 49.3 Å². The number of carbonyl (C=O) groups excluding carboxylic acids is 2. The lowest BCUT2D eigenvalue weighted by Gasteiger charge is -2.40. The third kappa shape index (κ3) is 4.95. The number of fused-ring (bicyclic) bond motifs is 2. The molecule has 2 saturated heterocycles. The van der Waals surface area contributed by atoms with E-state index in [4.69, 9.17) is 9.41 Å². The number of amides is 3. The smallest absolute Gasteiger partial charge is 0.325 e. The molecule has 2 unspecified atom stereocenters. The predicted molar refractivity (Wildman–Crippen MR) is 146 cm³/mol. The molecule has 1 N–H and O–H groups in total. The second-order valence-electron chi connectivity index (χ2n) is 9.78. The van der Waals surface area contributed by atoms with Crippen LogP contribution in [-0.2, 0) is 11.3 Å². The van der Waals surface area contributed by atoms with Crippen molar-refractivity contribution >= 4 is 40.8 Å². The van der Waals surface area contributed by atoms with E-state index in [-0.39, 0.29) is 5.91 Å². The van der Waals surface area contributed by atoms with E-state index in [0.29, 0.717) is 11.8 Å². The van der Waals surface area contributed by atoms with Gasteiger partial charge in [-0.25, -0.2) is 14.8 Å². The third-order valence-corrected chi connectivity index (χ3v) is 8.20. The molecule has 6 rings (SSSR count). The molecule has 11 heteroatoms. The number of benzene rings is 2. The zero-order valence-corrected chi connectivity index (χ0v) is 22.1. The summed E-state index contributed by atoms with van der Waals surface area (Å²) in [7, 11) is 1.70. The first-order valence-electron chi connectivity index (χ1n) is 13.0. The summed E-state index contributed by atoms with van der Waals surface area (Å²) in [5.41, 5.74) is 2.94. The molecular weight excluding hydrogens is 502 g/mol. The molecule has 3 amide bonds. The summed E-state index contributed by atoms with van der Waals surface area (Å²) in [6, 6.07) is 17.3. The van der Waals surface area contributed by atoms with Gasteiger partial charge in [0.1, 0.15) is 5.52 Å². The molecule has 2 aromatic carbocycles. The van der Waals surface area contributed by atoms with Crippen LogP contribution < -0.4 is 5.32 Å². The lowest BCUT2D eigenvalue weighted by molar-refractivity contribution is -0.127. The van der Waals surface area contributed by atoms with E-state index >= 15 is 0 Å². The van der Waals surface area contributed by atoms with Crippen LogP contribution >= 0.6 is 11.8 Å². The highest BCUT2D eigenvalue weighted by Gasteiger charge is 2.49. The Balaban J connectivity index is 1.11. The number of piperazine rings is 1. The van der Waals surface area contributed by atoms with Crippen molar-refractivity contribution in [2.45, 2.75) is 30.4 Å². The Kier molecular flexibility index (Phi) is 6.94. The fourth-order valence-corrected chi connectivity index (χ4v) is 6.03. The van der Waals surface area contributed by atoms with Gasteiger partial charge in [-0.2, -0.15) is 0 Å². The molecule has 10 nitrogen and oxygen atoms in total. The number of imide groups is 1. The Labute approximate surface area is 225 Å². The maximum Gasteiger partial charge on any atom is 0.325 e. The number of hydrogen-bond acceptors (Lipinski definition) is 9. The van der Waals surface area contributed by atoms with Gasteiger partial charge < -0.3 is 19.1 Å². The number of urea groups is 1.